The number of nitrogens with one attached hydrogen (secondary N) is 1. The van der Waals surface area contributed by atoms with Gasteiger partial charge in [0, 0.05) is 12.7 Å². The van der Waals surface area contributed by atoms with E-state index in [-0.39, 0.29) is 18.0 Å². The first kappa shape index (κ1) is 21.1. The summed E-state index contributed by atoms with van der Waals surface area (Å²) in [6.07, 6.45) is 3.71. The minimum Gasteiger partial charge on any atom is -0.487 e. The molecular weight excluding hydrogens is 386 g/mol. The molecule has 31 heavy (non-hydrogen) atoms. The third-order valence-corrected chi connectivity index (χ3v) is 5.72. The Hall–Kier alpha value is -3.18. The van der Waals surface area contributed by atoms with Crippen LogP contribution in [0.3, 0.4) is 0 Å². The minimum absolute atomic E-state index is 0.0776. The van der Waals surface area contributed by atoms with Crippen molar-refractivity contribution >= 4 is 5.91 Å². The summed E-state index contributed by atoms with van der Waals surface area (Å²) in [7, 11) is 0. The Morgan fingerprint density at radius 2 is 1.97 bits per heavy atom. The molecule has 1 aromatic heterocycles. The second-order valence-corrected chi connectivity index (χ2v) is 8.03. The van der Waals surface area contributed by atoms with Crippen LogP contribution in [0.5, 0.6) is 5.75 Å². The van der Waals surface area contributed by atoms with Crippen molar-refractivity contribution in [3.63, 3.8) is 0 Å². The van der Waals surface area contributed by atoms with Crippen molar-refractivity contribution < 1.29 is 9.53 Å². The van der Waals surface area contributed by atoms with E-state index in [1.807, 2.05) is 67.6 Å². The quantitative estimate of drug-likeness (QED) is 0.588. The van der Waals surface area contributed by atoms with E-state index in [4.69, 9.17) is 4.74 Å². The third-order valence-electron chi connectivity index (χ3n) is 5.72. The smallest absolute Gasteiger partial charge is 0.237 e. The zero-order chi connectivity index (χ0) is 21.5. The van der Waals surface area contributed by atoms with Gasteiger partial charge in [-0.25, -0.2) is 0 Å². The van der Waals surface area contributed by atoms with Crippen LogP contribution in [-0.2, 0) is 17.9 Å². The van der Waals surface area contributed by atoms with E-state index in [2.05, 4.69) is 27.3 Å². The van der Waals surface area contributed by atoms with Gasteiger partial charge in [0.25, 0.3) is 0 Å². The van der Waals surface area contributed by atoms with Crippen molar-refractivity contribution in [2.24, 2.45) is 0 Å². The molecule has 0 spiro atoms. The van der Waals surface area contributed by atoms with Crippen molar-refractivity contribution in [1.29, 1.82) is 0 Å². The molecule has 1 saturated heterocycles. The molecule has 0 bridgehead atoms. The lowest BCUT2D eigenvalue weighted by Gasteiger charge is -2.25. The van der Waals surface area contributed by atoms with Crippen LogP contribution < -0.4 is 10.1 Å². The molecule has 1 N–H and O–H groups in total. The number of pyridine rings is 1. The molecule has 1 fully saturated rings. The summed E-state index contributed by atoms with van der Waals surface area (Å²) in [5.41, 5.74) is 3.15. The molecule has 2 aromatic carbocycles. The Labute approximate surface area is 184 Å². The van der Waals surface area contributed by atoms with E-state index in [0.29, 0.717) is 6.61 Å². The number of hydrogen-bond donors (Lipinski definition) is 1. The van der Waals surface area contributed by atoms with Crippen LogP contribution in [0.15, 0.2) is 79.0 Å². The van der Waals surface area contributed by atoms with Crippen molar-refractivity contribution in [2.75, 3.05) is 6.54 Å². The molecule has 0 radical (unpaired) electrons. The maximum absolute atomic E-state index is 13.0. The zero-order valence-electron chi connectivity index (χ0n) is 17.9. The number of carbonyl (C=O) groups is 1. The highest BCUT2D eigenvalue weighted by atomic mass is 16.5. The van der Waals surface area contributed by atoms with Gasteiger partial charge in [0.1, 0.15) is 12.4 Å². The fourth-order valence-electron chi connectivity index (χ4n) is 4.04. The minimum atomic E-state index is -0.0925. The molecule has 1 aliphatic rings. The van der Waals surface area contributed by atoms with Crippen LogP contribution in [0, 0.1) is 0 Å². The maximum Gasteiger partial charge on any atom is 0.237 e. The normalized spacial score (nSPS) is 17.3. The summed E-state index contributed by atoms with van der Waals surface area (Å²) in [5.74, 6) is 0.872. The number of hydrogen-bond acceptors (Lipinski definition) is 4. The topological polar surface area (TPSA) is 54.5 Å². The number of carbonyl (C=O) groups excluding carboxylic acids is 1. The molecule has 2 heterocycles. The Balaban J connectivity index is 1.35. The van der Waals surface area contributed by atoms with Crippen molar-refractivity contribution in [1.82, 2.24) is 15.2 Å². The second kappa shape index (κ2) is 10.2. The first-order chi connectivity index (χ1) is 15.2. The SMILES string of the molecule is CC(NC(=O)C1CCCN1Cc1ccccc1)c1cccc(OCc2ccccn2)c1. The molecule has 5 heteroatoms. The third kappa shape index (κ3) is 5.70. The van der Waals surface area contributed by atoms with Crippen LogP contribution in [0.4, 0.5) is 0 Å². The van der Waals surface area contributed by atoms with Crippen LogP contribution in [0.25, 0.3) is 0 Å². The van der Waals surface area contributed by atoms with Crippen molar-refractivity contribution in [2.45, 2.75) is 45.0 Å². The Morgan fingerprint density at radius 3 is 2.77 bits per heavy atom. The average Bonchev–Trinajstić information content (AvgIpc) is 3.27. The molecule has 0 saturated carbocycles. The molecule has 160 valence electrons. The highest BCUT2D eigenvalue weighted by molar-refractivity contribution is 5.82. The highest BCUT2D eigenvalue weighted by Gasteiger charge is 2.31. The van der Waals surface area contributed by atoms with Crippen molar-refractivity contribution in [3.05, 3.63) is 95.8 Å². The van der Waals surface area contributed by atoms with Crippen molar-refractivity contribution in [3.8, 4) is 5.75 Å². The average molecular weight is 416 g/mol. The summed E-state index contributed by atoms with van der Waals surface area (Å²) in [6.45, 7) is 4.20. The fourth-order valence-corrected chi connectivity index (χ4v) is 4.04. The standard InChI is InChI=1S/C26H29N3O2/c1-20(22-11-7-13-24(17-22)31-19-23-12-5-6-15-27-23)28-26(30)25-14-8-16-29(25)18-21-9-3-2-4-10-21/h2-7,9-13,15,17,20,25H,8,14,16,18-19H2,1H3,(H,28,30). The molecule has 5 nitrogen and oxygen atoms in total. The maximum atomic E-state index is 13.0. The number of ether oxygens (including phenoxy) is 1. The summed E-state index contributed by atoms with van der Waals surface area (Å²) >= 11 is 0. The monoisotopic (exact) mass is 415 g/mol. The second-order valence-electron chi connectivity index (χ2n) is 8.03. The Kier molecular flexibility index (Phi) is 6.95. The molecule has 2 unspecified atom stereocenters. The number of likely N-dealkylation sites (tertiary alicyclic amines) is 1. The van der Waals surface area contributed by atoms with Gasteiger partial charge in [-0.15, -0.1) is 0 Å². The van der Waals surface area contributed by atoms with Gasteiger partial charge in [0.15, 0.2) is 0 Å². The molecular formula is C26H29N3O2. The highest BCUT2D eigenvalue weighted by Crippen LogP contribution is 2.23. The van der Waals surface area contributed by atoms with Gasteiger partial charge in [0.05, 0.1) is 17.8 Å². The summed E-state index contributed by atoms with van der Waals surface area (Å²) in [5, 5.41) is 3.21. The number of nitrogens with zero attached hydrogens (tertiary/aromatic N) is 2. The van der Waals surface area contributed by atoms with Crippen LogP contribution in [0.2, 0.25) is 0 Å². The first-order valence-corrected chi connectivity index (χ1v) is 10.9. The Bertz CT molecular complexity index is 978. The van der Waals surface area contributed by atoms with Gasteiger partial charge in [-0.05, 0) is 61.7 Å². The van der Waals surface area contributed by atoms with Gasteiger partial charge in [0.2, 0.25) is 5.91 Å². The van der Waals surface area contributed by atoms with Crippen LogP contribution >= 0.6 is 0 Å². The molecule has 4 rings (SSSR count). The fraction of sp³-hybridized carbons (Fsp3) is 0.308. The lowest BCUT2D eigenvalue weighted by atomic mass is 10.1. The van der Waals surface area contributed by atoms with Gasteiger partial charge in [-0.2, -0.15) is 0 Å². The number of rotatable bonds is 8. The van der Waals surface area contributed by atoms with Crippen LogP contribution in [0.1, 0.15) is 42.6 Å². The largest absolute Gasteiger partial charge is 0.487 e. The lowest BCUT2D eigenvalue weighted by Crippen LogP contribution is -2.43. The van der Waals surface area contributed by atoms with Gasteiger partial charge in [-0.1, -0.05) is 48.5 Å². The predicted octanol–water partition coefficient (Wildman–Crippen LogP) is 4.50. The first-order valence-electron chi connectivity index (χ1n) is 10.9. The Morgan fingerprint density at radius 1 is 1.13 bits per heavy atom. The van der Waals surface area contributed by atoms with Gasteiger partial charge in [-0.3, -0.25) is 14.7 Å². The number of amides is 1. The number of benzene rings is 2. The summed E-state index contributed by atoms with van der Waals surface area (Å²) in [6, 6.07) is 23.9. The van der Waals surface area contributed by atoms with E-state index in [1.165, 1.54) is 5.56 Å². The van der Waals surface area contributed by atoms with E-state index in [9.17, 15) is 4.79 Å². The van der Waals surface area contributed by atoms with E-state index in [0.717, 1.165) is 42.9 Å². The zero-order valence-corrected chi connectivity index (χ0v) is 17.9. The molecule has 1 aliphatic heterocycles. The van der Waals surface area contributed by atoms with Crippen LogP contribution in [-0.4, -0.2) is 28.4 Å². The summed E-state index contributed by atoms with van der Waals surface area (Å²) < 4.78 is 5.89. The van der Waals surface area contributed by atoms with E-state index >= 15 is 0 Å². The summed E-state index contributed by atoms with van der Waals surface area (Å²) in [4.78, 5) is 19.6. The van der Waals surface area contributed by atoms with E-state index < -0.39 is 0 Å². The molecule has 2 atom stereocenters. The van der Waals surface area contributed by atoms with Gasteiger partial charge >= 0.3 is 0 Å². The molecule has 0 aliphatic carbocycles. The lowest BCUT2D eigenvalue weighted by molar-refractivity contribution is -0.126. The van der Waals surface area contributed by atoms with E-state index in [1.54, 1.807) is 6.20 Å². The molecule has 3 aromatic rings. The predicted molar refractivity (Wildman–Crippen MR) is 121 cm³/mol. The number of aromatic nitrogens is 1. The molecule has 1 amide bonds. The van der Waals surface area contributed by atoms with Gasteiger partial charge < -0.3 is 10.1 Å².